The maximum absolute atomic E-state index is 13.7. The third-order valence-corrected chi connectivity index (χ3v) is 7.48. The van der Waals surface area contributed by atoms with E-state index < -0.39 is 28.5 Å². The molecule has 0 aliphatic rings. The Morgan fingerprint density at radius 3 is 2.31 bits per heavy atom. The molecule has 2 aromatic carbocycles. The van der Waals surface area contributed by atoms with Gasteiger partial charge in [0.2, 0.25) is 21.8 Å². The molecule has 1 atom stereocenters. The van der Waals surface area contributed by atoms with E-state index in [9.17, 15) is 18.0 Å². The molecular formula is C25H33Cl2N3O4S. The number of halogens is 2. The molecule has 0 aliphatic heterocycles. The number of unbranched alkanes of at least 4 members (excludes halogenated alkanes) is 1. The number of hydrogen-bond acceptors (Lipinski definition) is 4. The Balaban J connectivity index is 2.44. The van der Waals surface area contributed by atoms with Crippen molar-refractivity contribution in [3.8, 4) is 0 Å². The van der Waals surface area contributed by atoms with Crippen LogP contribution in [-0.2, 0) is 26.2 Å². The van der Waals surface area contributed by atoms with Crippen LogP contribution in [-0.4, -0.2) is 50.5 Å². The van der Waals surface area contributed by atoms with E-state index in [-0.39, 0.29) is 12.5 Å². The molecule has 2 amide bonds. The number of sulfonamides is 1. The van der Waals surface area contributed by atoms with Gasteiger partial charge >= 0.3 is 0 Å². The van der Waals surface area contributed by atoms with E-state index in [4.69, 9.17) is 23.2 Å². The topological polar surface area (TPSA) is 86.8 Å². The molecule has 2 rings (SSSR count). The number of nitrogens with one attached hydrogen (secondary N) is 1. The van der Waals surface area contributed by atoms with Gasteiger partial charge in [-0.15, -0.1) is 0 Å². The number of amides is 2. The van der Waals surface area contributed by atoms with Crippen LogP contribution in [0.4, 0.5) is 5.69 Å². The summed E-state index contributed by atoms with van der Waals surface area (Å²) in [6.07, 6.45) is 3.15. The summed E-state index contributed by atoms with van der Waals surface area (Å²) in [5, 5.41) is 3.59. The Labute approximate surface area is 218 Å². The molecule has 2 aromatic rings. The second-order valence-electron chi connectivity index (χ2n) is 8.39. The van der Waals surface area contributed by atoms with Crippen LogP contribution in [0.15, 0.2) is 42.5 Å². The van der Waals surface area contributed by atoms with Crippen molar-refractivity contribution < 1.29 is 18.0 Å². The second kappa shape index (κ2) is 13.1. The highest BCUT2D eigenvalue weighted by atomic mass is 35.5. The first-order chi connectivity index (χ1) is 16.5. The summed E-state index contributed by atoms with van der Waals surface area (Å²) in [6.45, 7) is 5.75. The number of benzene rings is 2. The van der Waals surface area contributed by atoms with E-state index in [1.165, 1.54) is 4.90 Å². The molecule has 7 nitrogen and oxygen atoms in total. The fraction of sp³-hybridized carbons (Fsp3) is 0.440. The molecule has 0 fully saturated rings. The summed E-state index contributed by atoms with van der Waals surface area (Å²) in [7, 11) is -3.78. The van der Waals surface area contributed by atoms with Crippen molar-refractivity contribution in [1.82, 2.24) is 10.2 Å². The predicted octanol–water partition coefficient (Wildman–Crippen LogP) is 4.79. The van der Waals surface area contributed by atoms with Gasteiger partial charge < -0.3 is 10.2 Å². The van der Waals surface area contributed by atoms with Crippen LogP contribution in [0, 0.1) is 6.92 Å². The monoisotopic (exact) mass is 541 g/mol. The van der Waals surface area contributed by atoms with Crippen LogP contribution in [0.1, 0.15) is 44.2 Å². The van der Waals surface area contributed by atoms with Gasteiger partial charge in [0.25, 0.3) is 0 Å². The lowest BCUT2D eigenvalue weighted by atomic mass is 10.1. The van der Waals surface area contributed by atoms with E-state index in [2.05, 4.69) is 5.32 Å². The lowest BCUT2D eigenvalue weighted by molar-refractivity contribution is -0.140. The molecule has 0 radical (unpaired) electrons. The molecule has 0 heterocycles. The van der Waals surface area contributed by atoms with Crippen molar-refractivity contribution in [3.63, 3.8) is 0 Å². The highest BCUT2D eigenvalue weighted by Gasteiger charge is 2.32. The summed E-state index contributed by atoms with van der Waals surface area (Å²) in [6, 6.07) is 11.2. The van der Waals surface area contributed by atoms with Crippen molar-refractivity contribution in [3.05, 3.63) is 63.6 Å². The van der Waals surface area contributed by atoms with Gasteiger partial charge in [0, 0.05) is 13.1 Å². The maximum atomic E-state index is 13.7. The summed E-state index contributed by atoms with van der Waals surface area (Å²) in [4.78, 5) is 28.1. The third kappa shape index (κ3) is 8.12. The molecule has 0 unspecified atom stereocenters. The molecule has 10 heteroatoms. The number of carbonyl (C=O) groups excluding carboxylic acids is 2. The lowest BCUT2D eigenvalue weighted by Gasteiger charge is -2.33. The number of carbonyl (C=O) groups is 2. The van der Waals surface area contributed by atoms with Gasteiger partial charge in [-0.05, 0) is 49.1 Å². The standard InChI is InChI=1S/C25H33Cl2N3O4S/c1-5-7-14-28-25(32)22(6-2)29(16-19-12-13-20(26)21(27)15-19)24(31)17-30(35(4,33)34)23-11-9-8-10-18(23)3/h8-13,15,22H,5-7,14,16-17H2,1-4H3,(H,28,32)/t22-/m0/s1. The predicted molar refractivity (Wildman–Crippen MR) is 142 cm³/mol. The van der Waals surface area contributed by atoms with Gasteiger partial charge in [0.05, 0.1) is 22.0 Å². The van der Waals surface area contributed by atoms with Crippen LogP contribution in [0.3, 0.4) is 0 Å². The molecule has 0 aliphatic carbocycles. The lowest BCUT2D eigenvalue weighted by Crippen LogP contribution is -2.52. The van der Waals surface area contributed by atoms with E-state index in [1.54, 1.807) is 49.4 Å². The van der Waals surface area contributed by atoms with Crippen molar-refractivity contribution in [2.45, 2.75) is 52.6 Å². The first-order valence-electron chi connectivity index (χ1n) is 11.5. The quantitative estimate of drug-likeness (QED) is 0.391. The fourth-order valence-electron chi connectivity index (χ4n) is 3.70. The SMILES string of the molecule is CCCCNC(=O)[C@H](CC)N(Cc1ccc(Cl)c(Cl)c1)C(=O)CN(c1ccccc1C)S(C)(=O)=O. The first-order valence-corrected chi connectivity index (χ1v) is 14.1. The smallest absolute Gasteiger partial charge is 0.244 e. The number of hydrogen-bond donors (Lipinski definition) is 1. The van der Waals surface area contributed by atoms with Crippen LogP contribution in [0.5, 0.6) is 0 Å². The van der Waals surface area contributed by atoms with E-state index in [0.29, 0.717) is 39.8 Å². The zero-order chi connectivity index (χ0) is 26.2. The zero-order valence-electron chi connectivity index (χ0n) is 20.6. The van der Waals surface area contributed by atoms with Gasteiger partial charge in [-0.3, -0.25) is 13.9 Å². The van der Waals surface area contributed by atoms with Crippen molar-refractivity contribution in [2.24, 2.45) is 0 Å². The van der Waals surface area contributed by atoms with E-state index >= 15 is 0 Å². The number of anilines is 1. The molecule has 0 bridgehead atoms. The summed E-state index contributed by atoms with van der Waals surface area (Å²) >= 11 is 12.2. The minimum absolute atomic E-state index is 0.0702. The van der Waals surface area contributed by atoms with Gasteiger partial charge in [-0.25, -0.2) is 8.42 Å². The first kappa shape index (κ1) is 28.9. The molecule has 0 spiro atoms. The van der Waals surface area contributed by atoms with Crippen molar-refractivity contribution in [1.29, 1.82) is 0 Å². The normalized spacial score (nSPS) is 12.2. The molecule has 192 valence electrons. The Hall–Kier alpha value is -2.29. The van der Waals surface area contributed by atoms with Crippen molar-refractivity contribution >= 4 is 50.7 Å². The van der Waals surface area contributed by atoms with Gasteiger partial charge in [0.1, 0.15) is 12.6 Å². The summed E-state index contributed by atoms with van der Waals surface area (Å²) < 4.78 is 26.4. The van der Waals surface area contributed by atoms with E-state index in [0.717, 1.165) is 23.4 Å². The Morgan fingerprint density at radius 1 is 1.06 bits per heavy atom. The van der Waals surface area contributed by atoms with Crippen LogP contribution >= 0.6 is 23.2 Å². The molecule has 0 aromatic heterocycles. The minimum Gasteiger partial charge on any atom is -0.354 e. The van der Waals surface area contributed by atoms with Gasteiger partial charge in [-0.2, -0.15) is 0 Å². The molecular weight excluding hydrogens is 509 g/mol. The highest BCUT2D eigenvalue weighted by Crippen LogP contribution is 2.25. The number of rotatable bonds is 12. The number of aryl methyl sites for hydroxylation is 1. The van der Waals surface area contributed by atoms with Gasteiger partial charge in [-0.1, -0.05) is 67.7 Å². The van der Waals surface area contributed by atoms with Crippen molar-refractivity contribution in [2.75, 3.05) is 23.7 Å². The average molecular weight is 543 g/mol. The van der Waals surface area contributed by atoms with Gasteiger partial charge in [0.15, 0.2) is 0 Å². The summed E-state index contributed by atoms with van der Waals surface area (Å²) in [5.74, 6) is -0.779. The third-order valence-electron chi connectivity index (χ3n) is 5.62. The molecule has 0 saturated heterocycles. The average Bonchev–Trinajstić information content (AvgIpc) is 2.79. The molecule has 35 heavy (non-hydrogen) atoms. The number of para-hydroxylation sites is 1. The fourth-order valence-corrected chi connectivity index (χ4v) is 4.93. The van der Waals surface area contributed by atoms with Crippen LogP contribution < -0.4 is 9.62 Å². The molecule has 0 saturated carbocycles. The Morgan fingerprint density at radius 2 is 1.74 bits per heavy atom. The maximum Gasteiger partial charge on any atom is 0.244 e. The minimum atomic E-state index is -3.78. The van der Waals surface area contributed by atoms with E-state index in [1.807, 2.05) is 13.8 Å². The molecule has 1 N–H and O–H groups in total. The zero-order valence-corrected chi connectivity index (χ0v) is 22.9. The summed E-state index contributed by atoms with van der Waals surface area (Å²) in [5.41, 5.74) is 1.80. The highest BCUT2D eigenvalue weighted by molar-refractivity contribution is 7.92. The van der Waals surface area contributed by atoms with Crippen LogP contribution in [0.2, 0.25) is 10.0 Å². The second-order valence-corrected chi connectivity index (χ2v) is 11.1. The van der Waals surface area contributed by atoms with Crippen LogP contribution in [0.25, 0.3) is 0 Å². The Bertz CT molecular complexity index is 1140. The number of nitrogens with zero attached hydrogens (tertiary/aromatic N) is 2. The largest absolute Gasteiger partial charge is 0.354 e. The Kier molecular flexibility index (Phi) is 10.9.